The Bertz CT molecular complexity index is 1160. The van der Waals surface area contributed by atoms with Crippen molar-refractivity contribution in [3.8, 4) is 5.88 Å². The zero-order valence-corrected chi connectivity index (χ0v) is 20.5. The van der Waals surface area contributed by atoms with Crippen LogP contribution in [0.5, 0.6) is 5.88 Å². The van der Waals surface area contributed by atoms with Crippen molar-refractivity contribution >= 4 is 11.7 Å². The van der Waals surface area contributed by atoms with E-state index in [1.807, 2.05) is 48.7 Å². The first kappa shape index (κ1) is 24.6. The summed E-state index contributed by atoms with van der Waals surface area (Å²) in [6.45, 7) is 5.42. The summed E-state index contributed by atoms with van der Waals surface area (Å²) < 4.78 is 12.7. The summed E-state index contributed by atoms with van der Waals surface area (Å²) in [5.74, 6) is 0.146. The number of ketones is 1. The van der Waals surface area contributed by atoms with Gasteiger partial charge in [-0.1, -0.05) is 44.2 Å². The van der Waals surface area contributed by atoms with E-state index in [2.05, 4.69) is 15.3 Å². The van der Waals surface area contributed by atoms with Crippen molar-refractivity contribution in [1.82, 2.24) is 19.9 Å². The van der Waals surface area contributed by atoms with Gasteiger partial charge in [0.1, 0.15) is 0 Å². The standard InChI is InChI=1S/C27H32N4O4/c1-4-18(22-15-29-26(34-3)16-28-22)13-25(32)23-14-20(24-17-35-12-11-31(23)24)27(33)30-21(5-2)19-9-7-6-8-10-19/h6-10,14-16,18,21H,4-5,11-13,17H2,1-3H3,(H,30,33)/t18-,21+/m0/s1. The highest BCUT2D eigenvalue weighted by atomic mass is 16.5. The molecular formula is C27H32N4O4. The Morgan fingerprint density at radius 2 is 1.94 bits per heavy atom. The van der Waals surface area contributed by atoms with Crippen molar-refractivity contribution in [3.63, 3.8) is 0 Å². The van der Waals surface area contributed by atoms with E-state index in [9.17, 15) is 9.59 Å². The Morgan fingerprint density at radius 3 is 2.60 bits per heavy atom. The van der Waals surface area contributed by atoms with Crippen molar-refractivity contribution in [2.24, 2.45) is 0 Å². The summed E-state index contributed by atoms with van der Waals surface area (Å²) in [6.07, 6.45) is 5.01. The number of amides is 1. The van der Waals surface area contributed by atoms with Gasteiger partial charge in [-0.05, 0) is 24.5 Å². The summed E-state index contributed by atoms with van der Waals surface area (Å²) in [7, 11) is 1.54. The Morgan fingerprint density at radius 1 is 1.14 bits per heavy atom. The highest BCUT2D eigenvalue weighted by Gasteiger charge is 2.28. The van der Waals surface area contributed by atoms with Gasteiger partial charge in [-0.3, -0.25) is 14.6 Å². The quantitative estimate of drug-likeness (QED) is 0.434. The molecule has 1 aliphatic rings. The highest BCUT2D eigenvalue weighted by Crippen LogP contribution is 2.28. The lowest BCUT2D eigenvalue weighted by atomic mass is 9.95. The van der Waals surface area contributed by atoms with Gasteiger partial charge in [-0.2, -0.15) is 0 Å². The van der Waals surface area contributed by atoms with E-state index in [1.165, 1.54) is 0 Å². The lowest BCUT2D eigenvalue weighted by molar-refractivity contribution is 0.0780. The van der Waals surface area contributed by atoms with Crippen LogP contribution in [0.3, 0.4) is 0 Å². The number of ether oxygens (including phenoxy) is 2. The van der Waals surface area contributed by atoms with E-state index >= 15 is 0 Å². The van der Waals surface area contributed by atoms with Crippen molar-refractivity contribution in [2.45, 2.75) is 58.2 Å². The highest BCUT2D eigenvalue weighted by molar-refractivity contribution is 6.01. The molecule has 0 saturated heterocycles. The van der Waals surface area contributed by atoms with E-state index < -0.39 is 0 Å². The van der Waals surface area contributed by atoms with Crippen molar-refractivity contribution in [2.75, 3.05) is 13.7 Å². The maximum Gasteiger partial charge on any atom is 0.253 e. The maximum atomic E-state index is 13.5. The van der Waals surface area contributed by atoms with Crippen LogP contribution in [-0.4, -0.2) is 39.9 Å². The van der Waals surface area contributed by atoms with Gasteiger partial charge < -0.3 is 19.4 Å². The van der Waals surface area contributed by atoms with Gasteiger partial charge >= 0.3 is 0 Å². The van der Waals surface area contributed by atoms with E-state index in [1.54, 1.807) is 25.6 Å². The summed E-state index contributed by atoms with van der Waals surface area (Å²) >= 11 is 0. The number of Topliss-reactive ketones (excluding diaryl/α,β-unsaturated/α-hetero) is 1. The third-order valence-electron chi connectivity index (χ3n) is 6.55. The molecule has 3 aromatic rings. The van der Waals surface area contributed by atoms with Crippen LogP contribution in [0.4, 0.5) is 0 Å². The number of hydrogen-bond acceptors (Lipinski definition) is 6. The largest absolute Gasteiger partial charge is 0.480 e. The summed E-state index contributed by atoms with van der Waals surface area (Å²) in [5, 5.41) is 3.14. The molecule has 2 aromatic heterocycles. The molecule has 0 unspecified atom stereocenters. The van der Waals surface area contributed by atoms with Crippen LogP contribution in [0.1, 0.15) is 82.9 Å². The average molecular weight is 477 g/mol. The van der Waals surface area contributed by atoms with Crippen LogP contribution in [0.2, 0.25) is 0 Å². The molecule has 8 heteroatoms. The molecule has 184 valence electrons. The molecule has 0 bridgehead atoms. The molecule has 1 aromatic carbocycles. The van der Waals surface area contributed by atoms with Crippen molar-refractivity contribution in [1.29, 1.82) is 0 Å². The molecule has 0 radical (unpaired) electrons. The third kappa shape index (κ3) is 5.43. The van der Waals surface area contributed by atoms with E-state index in [-0.39, 0.29) is 30.1 Å². The number of carbonyl (C=O) groups is 2. The second kappa shape index (κ2) is 11.3. The molecule has 3 heterocycles. The van der Waals surface area contributed by atoms with Gasteiger partial charge in [0, 0.05) is 18.9 Å². The van der Waals surface area contributed by atoms with Crippen molar-refractivity contribution in [3.05, 3.63) is 77.0 Å². The first-order valence-corrected chi connectivity index (χ1v) is 12.1. The Labute approximate surface area is 205 Å². The lowest BCUT2D eigenvalue weighted by Gasteiger charge is -2.21. The van der Waals surface area contributed by atoms with Gasteiger partial charge in [-0.25, -0.2) is 4.98 Å². The molecule has 35 heavy (non-hydrogen) atoms. The molecule has 0 fully saturated rings. The van der Waals surface area contributed by atoms with Gasteiger partial charge in [0.05, 0.1) is 61.4 Å². The van der Waals surface area contributed by atoms with Crippen LogP contribution in [0.15, 0.2) is 48.8 Å². The second-order valence-electron chi connectivity index (χ2n) is 8.66. The smallest absolute Gasteiger partial charge is 0.253 e. The Balaban J connectivity index is 1.57. The minimum atomic E-state index is -0.193. The molecule has 8 nitrogen and oxygen atoms in total. The molecule has 1 aliphatic heterocycles. The van der Waals surface area contributed by atoms with Crippen molar-refractivity contribution < 1.29 is 19.1 Å². The molecule has 1 N–H and O–H groups in total. The first-order chi connectivity index (χ1) is 17.0. The number of rotatable bonds is 10. The SMILES string of the molecule is CC[C@@H](CC(=O)c1cc(C(=O)N[C@H](CC)c2ccccc2)c2n1CCOC2)c1cnc(OC)cn1. The number of hydrogen-bond donors (Lipinski definition) is 1. The number of fused-ring (bicyclic) bond motifs is 1. The molecule has 0 spiro atoms. The summed E-state index contributed by atoms with van der Waals surface area (Å²) in [5.41, 5.74) is 3.59. The maximum absolute atomic E-state index is 13.5. The average Bonchev–Trinajstić information content (AvgIpc) is 3.31. The monoisotopic (exact) mass is 476 g/mol. The number of benzene rings is 1. The minimum Gasteiger partial charge on any atom is -0.480 e. The van der Waals surface area contributed by atoms with Crippen LogP contribution in [-0.2, 0) is 17.9 Å². The molecule has 1 amide bonds. The van der Waals surface area contributed by atoms with E-state index in [0.717, 1.165) is 29.8 Å². The van der Waals surface area contributed by atoms with E-state index in [0.29, 0.717) is 36.9 Å². The molecular weight excluding hydrogens is 444 g/mol. The first-order valence-electron chi connectivity index (χ1n) is 12.1. The number of nitrogens with zero attached hydrogens (tertiary/aromatic N) is 3. The normalized spacial score (nSPS) is 14.6. The topological polar surface area (TPSA) is 95.3 Å². The number of aromatic nitrogens is 3. The molecule has 4 rings (SSSR count). The van der Waals surface area contributed by atoms with Crippen LogP contribution in [0, 0.1) is 0 Å². The second-order valence-corrected chi connectivity index (χ2v) is 8.66. The lowest BCUT2D eigenvalue weighted by Crippen LogP contribution is -2.29. The zero-order valence-electron chi connectivity index (χ0n) is 20.5. The van der Waals surface area contributed by atoms with Gasteiger partial charge in [-0.15, -0.1) is 0 Å². The predicted molar refractivity (Wildman–Crippen MR) is 132 cm³/mol. The fraction of sp³-hybridized carbons (Fsp3) is 0.407. The van der Waals surface area contributed by atoms with Gasteiger partial charge in [0.15, 0.2) is 5.78 Å². The predicted octanol–water partition coefficient (Wildman–Crippen LogP) is 4.46. The van der Waals surface area contributed by atoms with E-state index in [4.69, 9.17) is 9.47 Å². The number of carbonyl (C=O) groups excluding carboxylic acids is 2. The zero-order chi connectivity index (χ0) is 24.8. The number of methoxy groups -OCH3 is 1. The van der Waals surface area contributed by atoms with Gasteiger partial charge in [0.25, 0.3) is 5.91 Å². The fourth-order valence-corrected chi connectivity index (χ4v) is 4.52. The molecule has 2 atom stereocenters. The molecule has 0 saturated carbocycles. The minimum absolute atomic E-state index is 0.0215. The van der Waals surface area contributed by atoms with Gasteiger partial charge in [0.2, 0.25) is 5.88 Å². The number of nitrogens with one attached hydrogen (secondary N) is 1. The van der Waals surface area contributed by atoms with Crippen LogP contribution >= 0.6 is 0 Å². The summed E-state index contributed by atoms with van der Waals surface area (Å²) in [6, 6.07) is 11.5. The van der Waals surface area contributed by atoms with Crippen LogP contribution in [0.25, 0.3) is 0 Å². The Kier molecular flexibility index (Phi) is 7.92. The molecule has 0 aliphatic carbocycles. The summed E-state index contributed by atoms with van der Waals surface area (Å²) in [4.78, 5) is 35.4. The fourth-order valence-electron chi connectivity index (χ4n) is 4.52. The third-order valence-corrected chi connectivity index (χ3v) is 6.55. The van der Waals surface area contributed by atoms with Crippen LogP contribution < -0.4 is 10.1 Å². The Hall–Kier alpha value is -3.52.